The highest BCUT2D eigenvalue weighted by Crippen LogP contribution is 2.32. The van der Waals surface area contributed by atoms with Crippen LogP contribution in [0.1, 0.15) is 32.3 Å². The Bertz CT molecular complexity index is 901. The zero-order chi connectivity index (χ0) is 21.5. The van der Waals surface area contributed by atoms with Crippen molar-refractivity contribution in [2.45, 2.75) is 39.3 Å². The van der Waals surface area contributed by atoms with Crippen molar-refractivity contribution >= 4 is 34.2 Å². The van der Waals surface area contributed by atoms with Crippen LogP contribution in [0, 0.1) is 0 Å². The molecule has 30 heavy (non-hydrogen) atoms. The molecule has 2 heterocycles. The number of amides is 3. The number of ether oxygens (including phenoxy) is 2. The van der Waals surface area contributed by atoms with E-state index in [9.17, 15) is 14.4 Å². The maximum atomic E-state index is 12.8. The number of aromatic nitrogens is 1. The number of fused-ring (bicyclic) bond motifs is 1. The predicted molar refractivity (Wildman–Crippen MR) is 111 cm³/mol. The number of anilines is 1. The summed E-state index contributed by atoms with van der Waals surface area (Å²) in [6, 6.07) is 5.35. The Morgan fingerprint density at radius 2 is 1.97 bits per heavy atom. The van der Waals surface area contributed by atoms with Gasteiger partial charge in [-0.15, -0.1) is 11.3 Å². The van der Waals surface area contributed by atoms with Crippen LogP contribution in [-0.2, 0) is 20.9 Å². The van der Waals surface area contributed by atoms with Gasteiger partial charge in [-0.25, -0.2) is 4.98 Å². The minimum Gasteiger partial charge on any atom is -0.454 e. The standard InChI is InChI=1S/C20H24N4O5S/c1-13(2)22-18(26)11-24(10-14-3-4-15-16(9-14)29-12-28-15)19(27)6-5-17(25)23-20-21-7-8-30-20/h3-4,7-9,13H,5-6,10-12H2,1-2H3,(H,22,26)(H,21,23,25). The summed E-state index contributed by atoms with van der Waals surface area (Å²) in [4.78, 5) is 42.6. The number of nitrogens with one attached hydrogen (secondary N) is 2. The molecule has 160 valence electrons. The number of hydrogen-bond acceptors (Lipinski definition) is 7. The Morgan fingerprint density at radius 3 is 2.70 bits per heavy atom. The molecule has 0 aliphatic carbocycles. The molecule has 1 aromatic carbocycles. The lowest BCUT2D eigenvalue weighted by molar-refractivity contribution is -0.137. The van der Waals surface area contributed by atoms with E-state index >= 15 is 0 Å². The summed E-state index contributed by atoms with van der Waals surface area (Å²) in [5.41, 5.74) is 0.803. The molecule has 2 aromatic rings. The third-order valence-corrected chi connectivity index (χ3v) is 4.88. The van der Waals surface area contributed by atoms with Gasteiger partial charge >= 0.3 is 0 Å². The number of carbonyl (C=O) groups is 3. The van der Waals surface area contributed by atoms with Gasteiger partial charge in [0, 0.05) is 37.0 Å². The molecule has 1 aliphatic rings. The van der Waals surface area contributed by atoms with E-state index in [1.165, 1.54) is 16.2 Å². The third kappa shape index (κ3) is 6.18. The van der Waals surface area contributed by atoms with Crippen LogP contribution in [0.2, 0.25) is 0 Å². The van der Waals surface area contributed by atoms with Gasteiger partial charge in [0.25, 0.3) is 0 Å². The van der Waals surface area contributed by atoms with Crippen LogP contribution in [-0.4, -0.2) is 47.0 Å². The van der Waals surface area contributed by atoms with Crippen molar-refractivity contribution in [3.8, 4) is 11.5 Å². The number of thiazole rings is 1. The molecule has 0 bridgehead atoms. The van der Waals surface area contributed by atoms with Crippen LogP contribution >= 0.6 is 11.3 Å². The molecular formula is C20H24N4O5S. The Balaban J connectivity index is 1.62. The minimum absolute atomic E-state index is 0.00184. The lowest BCUT2D eigenvalue weighted by Gasteiger charge is -2.23. The van der Waals surface area contributed by atoms with Gasteiger partial charge < -0.3 is 25.0 Å². The van der Waals surface area contributed by atoms with Gasteiger partial charge in [0.15, 0.2) is 16.6 Å². The fraction of sp³-hybridized carbons (Fsp3) is 0.400. The fourth-order valence-corrected chi connectivity index (χ4v) is 3.42. The van der Waals surface area contributed by atoms with Gasteiger partial charge in [-0.1, -0.05) is 6.07 Å². The number of nitrogens with zero attached hydrogens (tertiary/aromatic N) is 2. The van der Waals surface area contributed by atoms with E-state index in [0.29, 0.717) is 16.6 Å². The highest BCUT2D eigenvalue weighted by atomic mass is 32.1. The molecule has 10 heteroatoms. The minimum atomic E-state index is -0.298. The topological polar surface area (TPSA) is 110 Å². The normalized spacial score (nSPS) is 12.0. The SMILES string of the molecule is CC(C)NC(=O)CN(Cc1ccc2c(c1)OCO2)C(=O)CCC(=O)Nc1nccs1. The lowest BCUT2D eigenvalue weighted by Crippen LogP contribution is -2.42. The van der Waals surface area contributed by atoms with Crippen molar-refractivity contribution in [3.63, 3.8) is 0 Å². The maximum Gasteiger partial charge on any atom is 0.239 e. The molecule has 0 radical (unpaired) electrons. The van der Waals surface area contributed by atoms with Crippen molar-refractivity contribution in [3.05, 3.63) is 35.3 Å². The Hall–Kier alpha value is -3.14. The van der Waals surface area contributed by atoms with E-state index in [4.69, 9.17) is 9.47 Å². The first-order chi connectivity index (χ1) is 14.4. The number of rotatable bonds is 9. The number of carbonyl (C=O) groups excluding carboxylic acids is 3. The second-order valence-electron chi connectivity index (χ2n) is 7.05. The quantitative estimate of drug-likeness (QED) is 0.628. The van der Waals surface area contributed by atoms with Crippen LogP contribution in [0.5, 0.6) is 11.5 Å². The molecule has 0 spiro atoms. The third-order valence-electron chi connectivity index (χ3n) is 4.19. The van der Waals surface area contributed by atoms with E-state index in [0.717, 1.165) is 5.56 Å². The number of benzene rings is 1. The van der Waals surface area contributed by atoms with Crippen LogP contribution < -0.4 is 20.1 Å². The second-order valence-corrected chi connectivity index (χ2v) is 7.94. The zero-order valence-electron chi connectivity index (χ0n) is 16.8. The predicted octanol–water partition coefficient (Wildman–Crippen LogP) is 2.14. The summed E-state index contributed by atoms with van der Waals surface area (Å²) in [6.45, 7) is 3.98. The lowest BCUT2D eigenvalue weighted by atomic mass is 10.1. The summed E-state index contributed by atoms with van der Waals surface area (Å²) in [6.07, 6.45) is 1.57. The molecule has 0 atom stereocenters. The molecule has 1 aliphatic heterocycles. The zero-order valence-corrected chi connectivity index (χ0v) is 17.7. The Kier molecular flexibility index (Phi) is 7.23. The van der Waals surface area contributed by atoms with Gasteiger partial charge in [-0.05, 0) is 31.5 Å². The molecule has 2 N–H and O–H groups in total. The maximum absolute atomic E-state index is 12.8. The van der Waals surface area contributed by atoms with Crippen molar-refractivity contribution in [1.82, 2.24) is 15.2 Å². The highest BCUT2D eigenvalue weighted by molar-refractivity contribution is 7.13. The molecule has 3 rings (SSSR count). The molecule has 0 saturated carbocycles. The van der Waals surface area contributed by atoms with E-state index in [1.807, 2.05) is 19.9 Å². The van der Waals surface area contributed by atoms with Crippen LogP contribution in [0.4, 0.5) is 5.13 Å². The van der Waals surface area contributed by atoms with Crippen molar-refractivity contribution in [2.75, 3.05) is 18.7 Å². The Morgan fingerprint density at radius 1 is 1.17 bits per heavy atom. The fourth-order valence-electron chi connectivity index (χ4n) is 2.88. The van der Waals surface area contributed by atoms with Gasteiger partial charge in [0.1, 0.15) is 0 Å². The van der Waals surface area contributed by atoms with Crippen LogP contribution in [0.3, 0.4) is 0 Å². The molecule has 0 fully saturated rings. The van der Waals surface area contributed by atoms with Gasteiger partial charge in [-0.2, -0.15) is 0 Å². The van der Waals surface area contributed by atoms with Crippen molar-refractivity contribution < 1.29 is 23.9 Å². The molecule has 1 aromatic heterocycles. The Labute approximate surface area is 178 Å². The molecule has 3 amide bonds. The van der Waals surface area contributed by atoms with E-state index in [-0.39, 0.29) is 56.5 Å². The number of hydrogen-bond donors (Lipinski definition) is 2. The summed E-state index contributed by atoms with van der Waals surface area (Å²) >= 11 is 1.30. The smallest absolute Gasteiger partial charge is 0.239 e. The molecule has 0 unspecified atom stereocenters. The first kappa shape index (κ1) is 21.6. The van der Waals surface area contributed by atoms with E-state index in [1.54, 1.807) is 23.7 Å². The first-order valence-corrected chi connectivity index (χ1v) is 10.4. The first-order valence-electron chi connectivity index (χ1n) is 9.55. The second kappa shape index (κ2) is 10.1. The van der Waals surface area contributed by atoms with Crippen molar-refractivity contribution in [2.24, 2.45) is 0 Å². The van der Waals surface area contributed by atoms with Crippen LogP contribution in [0.15, 0.2) is 29.8 Å². The highest BCUT2D eigenvalue weighted by Gasteiger charge is 2.21. The summed E-state index contributed by atoms with van der Waals surface area (Å²) in [5, 5.41) is 7.67. The summed E-state index contributed by atoms with van der Waals surface area (Å²) in [7, 11) is 0. The largest absolute Gasteiger partial charge is 0.454 e. The van der Waals surface area contributed by atoms with Crippen LogP contribution in [0.25, 0.3) is 0 Å². The summed E-state index contributed by atoms with van der Waals surface area (Å²) < 4.78 is 10.7. The molecule has 9 nitrogen and oxygen atoms in total. The van der Waals surface area contributed by atoms with E-state index in [2.05, 4.69) is 15.6 Å². The monoisotopic (exact) mass is 432 g/mol. The van der Waals surface area contributed by atoms with Gasteiger partial charge in [0.2, 0.25) is 24.5 Å². The van der Waals surface area contributed by atoms with E-state index < -0.39 is 0 Å². The molecule has 0 saturated heterocycles. The molecular weight excluding hydrogens is 408 g/mol. The summed E-state index contributed by atoms with van der Waals surface area (Å²) in [5.74, 6) is 0.405. The van der Waals surface area contributed by atoms with Gasteiger partial charge in [-0.3, -0.25) is 14.4 Å². The average molecular weight is 433 g/mol. The van der Waals surface area contributed by atoms with Crippen molar-refractivity contribution in [1.29, 1.82) is 0 Å². The van der Waals surface area contributed by atoms with Gasteiger partial charge in [0.05, 0.1) is 6.54 Å². The average Bonchev–Trinajstić information content (AvgIpc) is 3.36.